The molecule has 0 spiro atoms. The van der Waals surface area contributed by atoms with Crippen LogP contribution in [0.4, 0.5) is 11.4 Å². The van der Waals surface area contributed by atoms with Gasteiger partial charge in [-0.05, 0) is 37.3 Å². The Morgan fingerprint density at radius 2 is 2.12 bits per heavy atom. The van der Waals surface area contributed by atoms with E-state index in [-0.39, 0.29) is 5.69 Å². The molecule has 0 radical (unpaired) electrons. The third-order valence-electron chi connectivity index (χ3n) is 3.01. The van der Waals surface area contributed by atoms with Crippen molar-refractivity contribution in [2.45, 2.75) is 6.92 Å². The number of carbonyl (C=O) groups excluding carboxylic acids is 1. The zero-order valence-electron chi connectivity index (χ0n) is 12.9. The number of non-ortho nitro benzene ring substituents is 1. The van der Waals surface area contributed by atoms with Crippen molar-refractivity contribution in [1.82, 2.24) is 0 Å². The molecule has 0 fully saturated rings. The number of nitro groups is 1. The second-order valence-electron chi connectivity index (χ2n) is 4.75. The largest absolute Gasteiger partial charge is 0.493 e. The third kappa shape index (κ3) is 4.92. The van der Waals surface area contributed by atoms with E-state index in [9.17, 15) is 14.9 Å². The maximum Gasteiger partial charge on any atom is 0.271 e. The van der Waals surface area contributed by atoms with Crippen LogP contribution in [0, 0.1) is 10.1 Å². The lowest BCUT2D eigenvalue weighted by molar-refractivity contribution is -0.384. The predicted molar refractivity (Wildman–Crippen MR) is 96.1 cm³/mol. The Bertz CT molecular complexity index is 790. The molecule has 0 aliphatic carbocycles. The molecule has 0 aliphatic rings. The minimum atomic E-state index is -0.513. The average molecular weight is 391 g/mol. The number of rotatable bonds is 6. The monoisotopic (exact) mass is 390 g/mol. The molecule has 24 heavy (non-hydrogen) atoms. The first-order chi connectivity index (χ1) is 11.5. The molecule has 124 valence electrons. The standard InChI is InChI=1S/C17H15BrN2O4/c1-2-24-16-8-7-13(18)10-12(16)6-9-17(21)19-14-4-3-5-15(11-14)20(22)23/h3-11H,2H2,1H3,(H,19,21). The second-order valence-corrected chi connectivity index (χ2v) is 5.66. The van der Waals surface area contributed by atoms with Gasteiger partial charge in [0.25, 0.3) is 5.69 Å². The number of halogens is 1. The van der Waals surface area contributed by atoms with Gasteiger partial charge in [-0.25, -0.2) is 0 Å². The Kier molecular flexibility index (Phi) is 6.08. The number of ether oxygens (including phenoxy) is 1. The maximum absolute atomic E-state index is 12.0. The van der Waals surface area contributed by atoms with Gasteiger partial charge in [-0.15, -0.1) is 0 Å². The lowest BCUT2D eigenvalue weighted by Gasteiger charge is -2.07. The van der Waals surface area contributed by atoms with Gasteiger partial charge in [-0.1, -0.05) is 22.0 Å². The van der Waals surface area contributed by atoms with Crippen LogP contribution in [-0.4, -0.2) is 17.4 Å². The third-order valence-corrected chi connectivity index (χ3v) is 3.50. The lowest BCUT2D eigenvalue weighted by atomic mass is 10.2. The van der Waals surface area contributed by atoms with E-state index in [1.54, 1.807) is 12.1 Å². The summed E-state index contributed by atoms with van der Waals surface area (Å²) in [4.78, 5) is 22.2. The Labute approximate surface area is 147 Å². The van der Waals surface area contributed by atoms with E-state index in [0.717, 1.165) is 10.0 Å². The summed E-state index contributed by atoms with van der Waals surface area (Å²) in [5.74, 6) is 0.276. The highest BCUT2D eigenvalue weighted by Crippen LogP contribution is 2.24. The molecular weight excluding hydrogens is 376 g/mol. The highest BCUT2D eigenvalue weighted by Gasteiger charge is 2.07. The van der Waals surface area contributed by atoms with Crippen LogP contribution < -0.4 is 10.1 Å². The van der Waals surface area contributed by atoms with Gasteiger partial charge in [-0.2, -0.15) is 0 Å². The van der Waals surface area contributed by atoms with Gasteiger partial charge in [0.05, 0.1) is 11.5 Å². The second kappa shape index (κ2) is 8.26. The van der Waals surface area contributed by atoms with Gasteiger partial charge in [0.2, 0.25) is 5.91 Å². The van der Waals surface area contributed by atoms with Crippen molar-refractivity contribution in [2.24, 2.45) is 0 Å². The van der Waals surface area contributed by atoms with Crippen molar-refractivity contribution in [3.8, 4) is 5.75 Å². The Morgan fingerprint density at radius 3 is 2.83 bits per heavy atom. The van der Waals surface area contributed by atoms with Gasteiger partial charge in [0, 0.05) is 33.9 Å². The summed E-state index contributed by atoms with van der Waals surface area (Å²) < 4.78 is 6.37. The minimum Gasteiger partial charge on any atom is -0.493 e. The van der Waals surface area contributed by atoms with Crippen LogP contribution in [0.15, 0.2) is 53.0 Å². The van der Waals surface area contributed by atoms with Crippen LogP contribution in [0.2, 0.25) is 0 Å². The summed E-state index contributed by atoms with van der Waals surface area (Å²) in [6, 6.07) is 11.3. The van der Waals surface area contributed by atoms with E-state index in [1.807, 2.05) is 25.1 Å². The predicted octanol–water partition coefficient (Wildman–Crippen LogP) is 4.41. The number of nitrogens with zero attached hydrogens (tertiary/aromatic N) is 1. The van der Waals surface area contributed by atoms with E-state index in [4.69, 9.17) is 4.74 Å². The normalized spacial score (nSPS) is 10.6. The first-order valence-corrected chi connectivity index (χ1v) is 7.94. The molecule has 0 bridgehead atoms. The smallest absolute Gasteiger partial charge is 0.271 e. The zero-order valence-corrected chi connectivity index (χ0v) is 14.4. The number of hydrogen-bond acceptors (Lipinski definition) is 4. The molecule has 0 unspecified atom stereocenters. The summed E-state index contributed by atoms with van der Waals surface area (Å²) in [7, 11) is 0. The topological polar surface area (TPSA) is 81.5 Å². The van der Waals surface area contributed by atoms with Gasteiger partial charge < -0.3 is 10.1 Å². The molecule has 0 heterocycles. The Balaban J connectivity index is 2.12. The molecule has 0 saturated heterocycles. The summed E-state index contributed by atoms with van der Waals surface area (Å²) >= 11 is 3.38. The molecule has 0 aromatic heterocycles. The van der Waals surface area contributed by atoms with Crippen molar-refractivity contribution in [1.29, 1.82) is 0 Å². The fourth-order valence-electron chi connectivity index (χ4n) is 1.98. The fourth-order valence-corrected chi connectivity index (χ4v) is 2.36. The molecule has 2 aromatic rings. The highest BCUT2D eigenvalue weighted by molar-refractivity contribution is 9.10. The average Bonchev–Trinajstić information content (AvgIpc) is 2.55. The lowest BCUT2D eigenvalue weighted by Crippen LogP contribution is -2.08. The van der Waals surface area contributed by atoms with Crippen molar-refractivity contribution < 1.29 is 14.5 Å². The van der Waals surface area contributed by atoms with Crippen LogP contribution in [0.25, 0.3) is 6.08 Å². The van der Waals surface area contributed by atoms with Crippen LogP contribution in [-0.2, 0) is 4.79 Å². The minimum absolute atomic E-state index is 0.0811. The van der Waals surface area contributed by atoms with E-state index in [0.29, 0.717) is 18.0 Å². The number of benzene rings is 2. The van der Waals surface area contributed by atoms with E-state index >= 15 is 0 Å². The first-order valence-electron chi connectivity index (χ1n) is 7.15. The molecule has 1 N–H and O–H groups in total. The maximum atomic E-state index is 12.0. The molecule has 2 rings (SSSR count). The molecule has 7 heteroatoms. The molecule has 0 atom stereocenters. The molecule has 6 nitrogen and oxygen atoms in total. The zero-order chi connectivity index (χ0) is 17.5. The molecule has 2 aromatic carbocycles. The van der Waals surface area contributed by atoms with Gasteiger partial charge in [-0.3, -0.25) is 14.9 Å². The highest BCUT2D eigenvalue weighted by atomic mass is 79.9. The Hall–Kier alpha value is -2.67. The van der Waals surface area contributed by atoms with Crippen molar-refractivity contribution in [2.75, 3.05) is 11.9 Å². The molecule has 0 saturated carbocycles. The van der Waals surface area contributed by atoms with Crippen LogP contribution in [0.5, 0.6) is 5.75 Å². The number of nitrogens with one attached hydrogen (secondary N) is 1. The van der Waals surface area contributed by atoms with Crippen molar-refractivity contribution >= 4 is 39.3 Å². The van der Waals surface area contributed by atoms with E-state index < -0.39 is 10.8 Å². The first kappa shape index (κ1) is 17.7. The molecule has 0 aliphatic heterocycles. The van der Waals surface area contributed by atoms with Gasteiger partial charge in [0.1, 0.15) is 5.75 Å². The number of amides is 1. The van der Waals surface area contributed by atoms with E-state index in [1.165, 1.54) is 24.3 Å². The molecule has 1 amide bonds. The summed E-state index contributed by atoms with van der Waals surface area (Å²) in [5.41, 5.74) is 1.03. The number of carbonyl (C=O) groups is 1. The van der Waals surface area contributed by atoms with Crippen LogP contribution >= 0.6 is 15.9 Å². The fraction of sp³-hybridized carbons (Fsp3) is 0.118. The van der Waals surface area contributed by atoms with Gasteiger partial charge >= 0.3 is 0 Å². The SMILES string of the molecule is CCOc1ccc(Br)cc1C=CC(=O)Nc1cccc([N+](=O)[O-])c1. The Morgan fingerprint density at radius 1 is 1.33 bits per heavy atom. The number of anilines is 1. The van der Waals surface area contributed by atoms with Gasteiger partial charge in [0.15, 0.2) is 0 Å². The summed E-state index contributed by atoms with van der Waals surface area (Å²) in [5, 5.41) is 13.3. The van der Waals surface area contributed by atoms with Crippen LogP contribution in [0.1, 0.15) is 12.5 Å². The van der Waals surface area contributed by atoms with E-state index in [2.05, 4.69) is 21.2 Å². The molecular formula is C17H15BrN2O4. The quantitative estimate of drug-likeness (QED) is 0.449. The number of nitro benzene ring substituents is 1. The number of hydrogen-bond donors (Lipinski definition) is 1. The summed E-state index contributed by atoms with van der Waals surface area (Å²) in [6.45, 7) is 2.40. The summed E-state index contributed by atoms with van der Waals surface area (Å²) in [6.07, 6.45) is 2.98. The van der Waals surface area contributed by atoms with Crippen molar-refractivity contribution in [3.63, 3.8) is 0 Å². The van der Waals surface area contributed by atoms with Crippen LogP contribution in [0.3, 0.4) is 0 Å². The van der Waals surface area contributed by atoms with Crippen molar-refractivity contribution in [3.05, 3.63) is 68.7 Å².